The molecule has 3 fully saturated rings. The molecule has 3 saturated carbocycles. The number of hydrogen-bond acceptors (Lipinski definition) is 4. The van der Waals surface area contributed by atoms with Crippen LogP contribution in [0.2, 0.25) is 0 Å². The smallest absolute Gasteiger partial charge is 0.416 e. The van der Waals surface area contributed by atoms with E-state index in [0.29, 0.717) is 29.5 Å². The van der Waals surface area contributed by atoms with E-state index < -0.39 is 11.7 Å². The van der Waals surface area contributed by atoms with Crippen molar-refractivity contribution in [3.8, 4) is 0 Å². The molecule has 6 rings (SSSR count). The molecule has 0 unspecified atom stereocenters. The second-order valence-electron chi connectivity index (χ2n) is 9.27. The fourth-order valence-electron chi connectivity index (χ4n) is 5.46. The van der Waals surface area contributed by atoms with E-state index in [4.69, 9.17) is 4.74 Å². The first-order valence-corrected chi connectivity index (χ1v) is 10.6. The Morgan fingerprint density at radius 1 is 1.15 bits per heavy atom. The van der Waals surface area contributed by atoms with Gasteiger partial charge in [-0.25, -0.2) is 4.52 Å². The maximum Gasteiger partial charge on any atom is 0.416 e. The monoisotopic (exact) mass is 457 g/mol. The summed E-state index contributed by atoms with van der Waals surface area (Å²) < 4.78 is 44.9. The molecule has 33 heavy (non-hydrogen) atoms. The average molecular weight is 457 g/mol. The molecule has 2 aromatic heterocycles. The van der Waals surface area contributed by atoms with Crippen molar-refractivity contribution in [3.05, 3.63) is 71.0 Å². The molecule has 0 atom stereocenters. The Kier molecular flexibility index (Phi) is 4.77. The molecule has 9 heteroatoms. The van der Waals surface area contributed by atoms with Gasteiger partial charge in [-0.15, -0.1) is 0 Å². The van der Waals surface area contributed by atoms with Crippen molar-refractivity contribution in [1.29, 1.82) is 0 Å². The SMILES string of the molecule is COC(=O)CC12CC(NC(=O)c3cnn4cccc(Cc5ccc(C(F)(F)F)cc5)c34)(C1)C2. The van der Waals surface area contributed by atoms with Gasteiger partial charge in [0.15, 0.2) is 0 Å². The number of carbonyl (C=O) groups excluding carboxylic acids is 2. The number of hydrogen-bond donors (Lipinski definition) is 1. The van der Waals surface area contributed by atoms with Gasteiger partial charge in [0.05, 0.1) is 36.4 Å². The van der Waals surface area contributed by atoms with Crippen LogP contribution >= 0.6 is 0 Å². The molecule has 172 valence electrons. The summed E-state index contributed by atoms with van der Waals surface area (Å²) in [6, 6.07) is 8.66. The minimum atomic E-state index is -4.38. The summed E-state index contributed by atoms with van der Waals surface area (Å²) >= 11 is 0. The highest BCUT2D eigenvalue weighted by atomic mass is 19.4. The van der Waals surface area contributed by atoms with Crippen molar-refractivity contribution in [2.75, 3.05) is 7.11 Å². The van der Waals surface area contributed by atoms with Gasteiger partial charge in [0.25, 0.3) is 5.91 Å². The molecule has 0 aliphatic heterocycles. The van der Waals surface area contributed by atoms with Crippen molar-refractivity contribution in [2.24, 2.45) is 5.41 Å². The Labute approximate surface area is 187 Å². The lowest BCUT2D eigenvalue weighted by atomic mass is 9.38. The zero-order chi connectivity index (χ0) is 23.4. The van der Waals surface area contributed by atoms with E-state index >= 15 is 0 Å². The number of halogens is 3. The first kappa shape index (κ1) is 21.5. The molecule has 0 spiro atoms. The van der Waals surface area contributed by atoms with Gasteiger partial charge in [0, 0.05) is 11.7 Å². The van der Waals surface area contributed by atoms with Crippen LogP contribution in [0.3, 0.4) is 0 Å². The number of benzene rings is 1. The molecule has 1 amide bonds. The van der Waals surface area contributed by atoms with Crippen LogP contribution in [-0.2, 0) is 22.1 Å². The number of alkyl halides is 3. The van der Waals surface area contributed by atoms with Crippen LogP contribution in [0.4, 0.5) is 13.2 Å². The van der Waals surface area contributed by atoms with Crippen molar-refractivity contribution in [3.63, 3.8) is 0 Å². The molecule has 0 radical (unpaired) electrons. The van der Waals surface area contributed by atoms with Crippen LogP contribution in [0.15, 0.2) is 48.8 Å². The molecule has 2 heterocycles. The van der Waals surface area contributed by atoms with Crippen molar-refractivity contribution in [1.82, 2.24) is 14.9 Å². The third kappa shape index (κ3) is 3.75. The Morgan fingerprint density at radius 2 is 1.85 bits per heavy atom. The molecule has 3 aliphatic carbocycles. The van der Waals surface area contributed by atoms with E-state index in [1.807, 2.05) is 6.07 Å². The summed E-state index contributed by atoms with van der Waals surface area (Å²) in [4.78, 5) is 24.7. The summed E-state index contributed by atoms with van der Waals surface area (Å²) in [6.07, 6.45) is 1.84. The van der Waals surface area contributed by atoms with Crippen molar-refractivity contribution < 1.29 is 27.5 Å². The van der Waals surface area contributed by atoms with Gasteiger partial charge in [-0.3, -0.25) is 9.59 Å². The number of nitrogens with zero attached hydrogens (tertiary/aromatic N) is 2. The molecule has 1 N–H and O–H groups in total. The number of esters is 1. The molecule has 1 aromatic carbocycles. The minimum absolute atomic E-state index is 0.0603. The first-order valence-electron chi connectivity index (χ1n) is 10.6. The highest BCUT2D eigenvalue weighted by molar-refractivity contribution is 6.02. The molecular formula is C24H22F3N3O3. The van der Waals surface area contributed by atoms with Gasteiger partial charge in [-0.2, -0.15) is 18.3 Å². The summed E-state index contributed by atoms with van der Waals surface area (Å²) in [5.74, 6) is -0.471. The van der Waals surface area contributed by atoms with Crippen LogP contribution in [0.5, 0.6) is 0 Å². The number of aromatic nitrogens is 2. The highest BCUT2D eigenvalue weighted by Gasteiger charge is 2.68. The number of nitrogens with one attached hydrogen (secondary N) is 1. The molecule has 3 aromatic rings. The number of ether oxygens (including phenoxy) is 1. The van der Waals surface area contributed by atoms with Gasteiger partial charge >= 0.3 is 12.1 Å². The maximum absolute atomic E-state index is 13.1. The fraction of sp³-hybridized carbons (Fsp3) is 0.375. The van der Waals surface area contributed by atoms with Crippen LogP contribution in [0.25, 0.3) is 5.52 Å². The Bertz CT molecular complexity index is 1230. The van der Waals surface area contributed by atoms with E-state index in [-0.39, 0.29) is 22.8 Å². The predicted octanol–water partition coefficient (Wildman–Crippen LogP) is 4.16. The molecule has 6 nitrogen and oxygen atoms in total. The van der Waals surface area contributed by atoms with Gasteiger partial charge in [0.1, 0.15) is 0 Å². The summed E-state index contributed by atoms with van der Waals surface area (Å²) in [5, 5.41) is 7.40. The number of fused-ring (bicyclic) bond motifs is 1. The second kappa shape index (κ2) is 7.33. The predicted molar refractivity (Wildman–Crippen MR) is 113 cm³/mol. The van der Waals surface area contributed by atoms with E-state index in [1.165, 1.54) is 25.4 Å². The molecule has 0 saturated heterocycles. The quantitative estimate of drug-likeness (QED) is 0.565. The highest BCUT2D eigenvalue weighted by Crippen LogP contribution is 2.69. The number of carbonyl (C=O) groups is 2. The second-order valence-corrected chi connectivity index (χ2v) is 9.27. The van der Waals surface area contributed by atoms with Gasteiger partial charge in [0.2, 0.25) is 0 Å². The van der Waals surface area contributed by atoms with Gasteiger partial charge in [-0.1, -0.05) is 18.2 Å². The minimum Gasteiger partial charge on any atom is -0.469 e. The van der Waals surface area contributed by atoms with Crippen LogP contribution in [0, 0.1) is 5.41 Å². The Balaban J connectivity index is 1.33. The lowest BCUT2D eigenvalue weighted by Crippen LogP contribution is -2.75. The van der Waals surface area contributed by atoms with Crippen LogP contribution < -0.4 is 5.32 Å². The third-order valence-corrected chi connectivity index (χ3v) is 6.81. The summed E-state index contributed by atoms with van der Waals surface area (Å²) in [6.45, 7) is 0. The first-order chi connectivity index (χ1) is 15.6. The van der Waals surface area contributed by atoms with Crippen LogP contribution in [-0.4, -0.2) is 34.1 Å². The standard InChI is InChI=1S/C24H22F3N3O3/c1-33-19(31)10-22-12-23(13-22,14-22)29-21(32)18-11-28-30-8-2-3-16(20(18)30)9-15-4-6-17(7-5-15)24(25,26)27/h2-8,11H,9-10,12-14H2,1H3,(H,29,32). The zero-order valence-electron chi connectivity index (χ0n) is 17.9. The van der Waals surface area contributed by atoms with Crippen molar-refractivity contribution >= 4 is 17.4 Å². The lowest BCUT2D eigenvalue weighted by molar-refractivity contribution is -0.175. The van der Waals surface area contributed by atoms with Crippen molar-refractivity contribution in [2.45, 2.75) is 43.8 Å². The average Bonchev–Trinajstić information content (AvgIpc) is 3.16. The Morgan fingerprint density at radius 3 is 2.48 bits per heavy atom. The van der Waals surface area contributed by atoms with E-state index in [9.17, 15) is 22.8 Å². The number of methoxy groups -OCH3 is 1. The maximum atomic E-state index is 13.1. The number of rotatable bonds is 6. The molecule has 2 bridgehead atoms. The Hall–Kier alpha value is -3.36. The zero-order valence-corrected chi connectivity index (χ0v) is 17.9. The topological polar surface area (TPSA) is 72.7 Å². The summed E-state index contributed by atoms with van der Waals surface area (Å²) in [7, 11) is 1.37. The lowest BCUT2D eigenvalue weighted by Gasteiger charge is -2.70. The van der Waals surface area contributed by atoms with E-state index in [2.05, 4.69) is 10.4 Å². The van der Waals surface area contributed by atoms with Gasteiger partial charge < -0.3 is 10.1 Å². The largest absolute Gasteiger partial charge is 0.469 e. The molecular weight excluding hydrogens is 435 g/mol. The normalized spacial score (nSPS) is 23.5. The van der Waals surface area contributed by atoms with E-state index in [1.54, 1.807) is 16.8 Å². The molecule has 3 aliphatic rings. The van der Waals surface area contributed by atoms with Crippen LogP contribution in [0.1, 0.15) is 52.7 Å². The van der Waals surface area contributed by atoms with E-state index in [0.717, 1.165) is 37.0 Å². The number of amides is 1. The third-order valence-electron chi connectivity index (χ3n) is 6.81. The fourth-order valence-corrected chi connectivity index (χ4v) is 5.46. The summed E-state index contributed by atoms with van der Waals surface area (Å²) in [5.41, 5.74) is 1.50. The number of pyridine rings is 1. The van der Waals surface area contributed by atoms with Gasteiger partial charge in [-0.05, 0) is 60.4 Å².